The Hall–Kier alpha value is -1.18. The molecule has 0 saturated carbocycles. The van der Waals surface area contributed by atoms with Gasteiger partial charge in [0.25, 0.3) is 0 Å². The average molecular weight is 295 g/mol. The zero-order valence-corrected chi connectivity index (χ0v) is 12.4. The first-order valence-electron chi connectivity index (χ1n) is 5.57. The van der Waals surface area contributed by atoms with Crippen molar-refractivity contribution in [3.63, 3.8) is 0 Å². The molecule has 0 fully saturated rings. The molecule has 0 radical (unpaired) electrons. The van der Waals surface area contributed by atoms with Gasteiger partial charge in [-0.1, -0.05) is 0 Å². The van der Waals surface area contributed by atoms with Crippen LogP contribution in [0.25, 0.3) is 5.57 Å². The van der Waals surface area contributed by atoms with Crippen LogP contribution in [0.5, 0.6) is 0 Å². The van der Waals surface area contributed by atoms with E-state index in [9.17, 15) is 0 Å². The van der Waals surface area contributed by atoms with Gasteiger partial charge in [0.05, 0.1) is 0 Å². The number of benzene rings is 1. The third-order valence-electron chi connectivity index (χ3n) is 2.63. The molecule has 1 unspecified atom stereocenters. The molecule has 1 atom stereocenters. The Morgan fingerprint density at radius 2 is 1.76 bits per heavy atom. The van der Waals surface area contributed by atoms with Crippen molar-refractivity contribution >= 4 is 25.1 Å². The second-order valence-electron chi connectivity index (χ2n) is 4.35. The standard InChI is InChI=1S/C14H18NOSe/c1-11-9-13(10-17(4)16-11)12-5-7-14(8-6-12)15(2)3/h5-10H,1-4H3/q+1. The third-order valence-corrected chi connectivity index (χ3v) is 4.96. The van der Waals surface area contributed by atoms with Crippen LogP contribution >= 0.6 is 0 Å². The van der Waals surface area contributed by atoms with E-state index < -0.39 is 13.8 Å². The van der Waals surface area contributed by atoms with Gasteiger partial charge in [-0.2, -0.15) is 0 Å². The van der Waals surface area contributed by atoms with Gasteiger partial charge in [0.2, 0.25) is 0 Å². The third kappa shape index (κ3) is 2.93. The van der Waals surface area contributed by atoms with Gasteiger partial charge >= 0.3 is 107 Å². The van der Waals surface area contributed by atoms with E-state index in [0.717, 1.165) is 5.76 Å². The Kier molecular flexibility index (Phi) is 3.60. The van der Waals surface area contributed by atoms with Crippen LogP contribution in [0.15, 0.2) is 41.1 Å². The molecule has 0 aliphatic carbocycles. The molecule has 1 aromatic rings. The van der Waals surface area contributed by atoms with Crippen LogP contribution in [0.3, 0.4) is 0 Å². The number of anilines is 1. The summed E-state index contributed by atoms with van der Waals surface area (Å²) in [5.41, 5.74) is 3.80. The molecule has 0 aromatic heterocycles. The van der Waals surface area contributed by atoms with Crippen molar-refractivity contribution in [1.82, 2.24) is 0 Å². The Morgan fingerprint density at radius 1 is 1.12 bits per heavy atom. The van der Waals surface area contributed by atoms with E-state index in [1.54, 1.807) is 0 Å². The second kappa shape index (κ2) is 4.99. The fraction of sp³-hybridized carbons (Fsp3) is 0.286. The zero-order valence-electron chi connectivity index (χ0n) is 10.7. The summed E-state index contributed by atoms with van der Waals surface area (Å²) in [6, 6.07) is 8.66. The van der Waals surface area contributed by atoms with Crippen LogP contribution in [-0.4, -0.2) is 27.9 Å². The van der Waals surface area contributed by atoms with E-state index in [1.165, 1.54) is 16.8 Å². The quantitative estimate of drug-likeness (QED) is 0.604. The molecular formula is C14H18NOSe+. The van der Waals surface area contributed by atoms with Crippen LogP contribution in [0.1, 0.15) is 12.5 Å². The summed E-state index contributed by atoms with van der Waals surface area (Å²) in [5.74, 6) is 3.22. The summed E-state index contributed by atoms with van der Waals surface area (Å²) >= 11 is -1.02. The van der Waals surface area contributed by atoms with Crippen LogP contribution < -0.4 is 4.90 Å². The number of nitrogens with zero attached hydrogens (tertiary/aromatic N) is 1. The van der Waals surface area contributed by atoms with E-state index in [4.69, 9.17) is 3.47 Å². The molecule has 1 aliphatic heterocycles. The Bertz CT molecular complexity index is 507. The molecule has 17 heavy (non-hydrogen) atoms. The summed E-state index contributed by atoms with van der Waals surface area (Å²) in [6.45, 7) is 2.03. The first-order valence-corrected chi connectivity index (χ1v) is 8.97. The summed E-state index contributed by atoms with van der Waals surface area (Å²) in [4.78, 5) is 4.39. The summed E-state index contributed by atoms with van der Waals surface area (Å²) < 4.78 is 5.70. The van der Waals surface area contributed by atoms with Gasteiger partial charge in [-0.25, -0.2) is 0 Å². The molecule has 0 bridgehead atoms. The van der Waals surface area contributed by atoms with Crippen molar-refractivity contribution in [2.45, 2.75) is 12.7 Å². The molecule has 1 aliphatic rings. The molecule has 90 valence electrons. The topological polar surface area (TPSA) is 14.5 Å². The molecular weight excluding hydrogens is 277 g/mol. The monoisotopic (exact) mass is 296 g/mol. The summed E-state index contributed by atoms with van der Waals surface area (Å²) in [6.07, 6.45) is 2.12. The number of rotatable bonds is 2. The normalized spacial score (nSPS) is 19.2. The predicted molar refractivity (Wildman–Crippen MR) is 74.8 cm³/mol. The Labute approximate surface area is 107 Å². The average Bonchev–Trinajstić information content (AvgIpc) is 2.28. The van der Waals surface area contributed by atoms with Gasteiger partial charge in [0, 0.05) is 0 Å². The van der Waals surface area contributed by atoms with Crippen LogP contribution in [-0.2, 0) is 3.47 Å². The van der Waals surface area contributed by atoms with Crippen molar-refractivity contribution in [3.05, 3.63) is 46.6 Å². The van der Waals surface area contributed by atoms with Gasteiger partial charge in [-0.05, 0) is 0 Å². The van der Waals surface area contributed by atoms with Crippen molar-refractivity contribution in [1.29, 1.82) is 0 Å². The fourth-order valence-electron chi connectivity index (χ4n) is 1.79. The molecule has 2 rings (SSSR count). The number of hydrogen-bond acceptors (Lipinski definition) is 1. The van der Waals surface area contributed by atoms with E-state index in [2.05, 4.69) is 60.1 Å². The van der Waals surface area contributed by atoms with Crippen molar-refractivity contribution in [3.8, 4) is 0 Å². The maximum atomic E-state index is 5.70. The van der Waals surface area contributed by atoms with Gasteiger partial charge in [0.1, 0.15) is 0 Å². The first kappa shape index (κ1) is 12.3. The minimum absolute atomic E-state index is 1.02. The zero-order chi connectivity index (χ0) is 12.4. The predicted octanol–water partition coefficient (Wildman–Crippen LogP) is 3.18. The number of hydrogen-bond donors (Lipinski definition) is 0. The van der Waals surface area contributed by atoms with E-state index in [-0.39, 0.29) is 0 Å². The SMILES string of the molecule is CC1=CC(c2ccc(N(C)C)cc2)=C[Se](C)=[O+]1. The Balaban J connectivity index is 2.33. The summed E-state index contributed by atoms with van der Waals surface area (Å²) in [5, 5.41) is 0. The fourth-order valence-corrected chi connectivity index (χ4v) is 4.04. The van der Waals surface area contributed by atoms with E-state index in [1.807, 2.05) is 6.92 Å². The number of allylic oxidation sites excluding steroid dienone is 3. The van der Waals surface area contributed by atoms with Crippen molar-refractivity contribution < 1.29 is 3.47 Å². The van der Waals surface area contributed by atoms with Gasteiger partial charge in [0.15, 0.2) is 0 Å². The summed E-state index contributed by atoms with van der Waals surface area (Å²) in [7, 11) is 4.11. The van der Waals surface area contributed by atoms with E-state index in [0.29, 0.717) is 0 Å². The molecule has 0 amide bonds. The van der Waals surface area contributed by atoms with E-state index >= 15 is 0 Å². The minimum atomic E-state index is -1.02. The van der Waals surface area contributed by atoms with Gasteiger partial charge in [-0.15, -0.1) is 0 Å². The molecule has 0 N–H and O–H groups in total. The maximum absolute atomic E-state index is 5.70. The molecule has 1 aromatic carbocycles. The van der Waals surface area contributed by atoms with Gasteiger partial charge < -0.3 is 0 Å². The van der Waals surface area contributed by atoms with Crippen molar-refractivity contribution in [2.75, 3.05) is 19.0 Å². The van der Waals surface area contributed by atoms with Crippen LogP contribution in [0.4, 0.5) is 5.69 Å². The first-order chi connectivity index (χ1) is 8.06. The molecule has 0 saturated heterocycles. The Morgan fingerprint density at radius 3 is 2.29 bits per heavy atom. The molecule has 1 heterocycles. The molecule has 3 heteroatoms. The second-order valence-corrected chi connectivity index (χ2v) is 7.29. The van der Waals surface area contributed by atoms with Crippen LogP contribution in [0.2, 0.25) is 5.82 Å². The molecule has 0 spiro atoms. The van der Waals surface area contributed by atoms with Crippen LogP contribution in [0, 0.1) is 0 Å². The van der Waals surface area contributed by atoms with Crippen molar-refractivity contribution in [2.24, 2.45) is 0 Å². The molecule has 2 nitrogen and oxygen atoms in total. The van der Waals surface area contributed by atoms with Gasteiger partial charge in [-0.3, -0.25) is 0 Å².